The molecule has 2 aromatic rings. The number of carbonyl (C=O) groups excluding carboxylic acids is 1. The fourth-order valence-electron chi connectivity index (χ4n) is 4.20. The lowest BCUT2D eigenvalue weighted by molar-refractivity contribution is -0.131. The van der Waals surface area contributed by atoms with E-state index in [4.69, 9.17) is 16.6 Å². The van der Waals surface area contributed by atoms with E-state index in [0.29, 0.717) is 17.5 Å². The molecule has 8 nitrogen and oxygen atoms in total. The van der Waals surface area contributed by atoms with Gasteiger partial charge in [-0.2, -0.15) is 5.10 Å². The van der Waals surface area contributed by atoms with E-state index in [2.05, 4.69) is 15.0 Å². The summed E-state index contributed by atoms with van der Waals surface area (Å²) in [5.74, 6) is 1.50. The second-order valence-electron chi connectivity index (χ2n) is 8.97. The van der Waals surface area contributed by atoms with Gasteiger partial charge in [0.2, 0.25) is 5.91 Å². The van der Waals surface area contributed by atoms with Crippen molar-refractivity contribution in [3.8, 4) is 11.4 Å². The molecule has 0 atom stereocenters. The van der Waals surface area contributed by atoms with Crippen LogP contribution in [0.15, 0.2) is 18.5 Å². The minimum absolute atomic E-state index is 0.161. The largest absolute Gasteiger partial charge is 0.389 e. The summed E-state index contributed by atoms with van der Waals surface area (Å²) in [6.45, 7) is 9.00. The second-order valence-corrected chi connectivity index (χ2v) is 9.36. The predicted octanol–water partition coefficient (Wildman–Crippen LogP) is 2.21. The van der Waals surface area contributed by atoms with E-state index in [1.54, 1.807) is 37.7 Å². The van der Waals surface area contributed by atoms with Crippen LogP contribution in [0.1, 0.15) is 33.6 Å². The van der Waals surface area contributed by atoms with Gasteiger partial charge in [-0.25, -0.2) is 9.97 Å². The molecule has 2 aliphatic rings. The van der Waals surface area contributed by atoms with E-state index >= 15 is 0 Å². The third-order valence-corrected chi connectivity index (χ3v) is 5.96. The van der Waals surface area contributed by atoms with Gasteiger partial charge in [-0.1, -0.05) is 11.6 Å². The zero-order valence-corrected chi connectivity index (χ0v) is 17.9. The predicted molar refractivity (Wildman–Crippen MR) is 111 cm³/mol. The summed E-state index contributed by atoms with van der Waals surface area (Å²) in [6.07, 6.45) is 5.57. The summed E-state index contributed by atoms with van der Waals surface area (Å²) < 4.78 is 1.68. The maximum absolute atomic E-state index is 11.6. The molecule has 29 heavy (non-hydrogen) atoms. The van der Waals surface area contributed by atoms with Gasteiger partial charge in [0.05, 0.1) is 23.9 Å². The minimum atomic E-state index is -0.854. The summed E-state index contributed by atoms with van der Waals surface area (Å²) in [6, 6.07) is 1.80. The van der Waals surface area contributed by atoms with Crippen molar-refractivity contribution in [3.63, 3.8) is 0 Å². The molecule has 2 aromatic heterocycles. The van der Waals surface area contributed by atoms with E-state index in [9.17, 15) is 9.90 Å². The molecule has 9 heteroatoms. The number of hydrogen-bond donors (Lipinski definition) is 1. The van der Waals surface area contributed by atoms with Crippen molar-refractivity contribution < 1.29 is 9.90 Å². The SMILES string of the molecule is CC(=O)N1CCC2(CC1)CN(c1cc(Cl)nc(-c3cnn(CC(C)(C)O)c3)n1)C2. The zero-order chi connectivity index (χ0) is 20.8. The number of aliphatic hydroxyl groups is 1. The van der Waals surface area contributed by atoms with Crippen LogP contribution in [0.5, 0.6) is 0 Å². The zero-order valence-electron chi connectivity index (χ0n) is 17.1. The van der Waals surface area contributed by atoms with Crippen molar-refractivity contribution in [1.82, 2.24) is 24.6 Å². The highest BCUT2D eigenvalue weighted by molar-refractivity contribution is 6.29. The third kappa shape index (κ3) is 4.38. The van der Waals surface area contributed by atoms with Crippen molar-refractivity contribution in [2.75, 3.05) is 31.1 Å². The van der Waals surface area contributed by atoms with Gasteiger partial charge in [0, 0.05) is 50.8 Å². The van der Waals surface area contributed by atoms with Crippen LogP contribution >= 0.6 is 11.6 Å². The molecule has 0 aliphatic carbocycles. The van der Waals surface area contributed by atoms with Gasteiger partial charge in [0.1, 0.15) is 11.0 Å². The van der Waals surface area contributed by atoms with Gasteiger partial charge in [-0.05, 0) is 26.7 Å². The second kappa shape index (κ2) is 7.25. The molecule has 0 bridgehead atoms. The fourth-order valence-corrected chi connectivity index (χ4v) is 4.37. The van der Waals surface area contributed by atoms with E-state index in [0.717, 1.165) is 50.4 Å². The number of piperidine rings is 1. The highest BCUT2D eigenvalue weighted by Crippen LogP contribution is 2.42. The van der Waals surface area contributed by atoms with E-state index < -0.39 is 5.60 Å². The highest BCUT2D eigenvalue weighted by atomic mass is 35.5. The van der Waals surface area contributed by atoms with Crippen LogP contribution in [0, 0.1) is 5.41 Å². The van der Waals surface area contributed by atoms with E-state index in [1.807, 2.05) is 11.1 Å². The molecule has 0 aromatic carbocycles. The average molecular weight is 419 g/mol. The number of hydrogen-bond acceptors (Lipinski definition) is 6. The van der Waals surface area contributed by atoms with Crippen molar-refractivity contribution in [2.45, 2.75) is 45.8 Å². The molecule has 1 amide bonds. The summed E-state index contributed by atoms with van der Waals surface area (Å²) in [7, 11) is 0. The van der Waals surface area contributed by atoms with Gasteiger partial charge >= 0.3 is 0 Å². The summed E-state index contributed by atoms with van der Waals surface area (Å²) in [5, 5.41) is 14.7. The molecule has 1 N–H and O–H groups in total. The molecule has 0 radical (unpaired) electrons. The van der Waals surface area contributed by atoms with Crippen LogP contribution in [-0.2, 0) is 11.3 Å². The van der Waals surface area contributed by atoms with E-state index in [-0.39, 0.29) is 11.3 Å². The molecule has 156 valence electrons. The van der Waals surface area contributed by atoms with Gasteiger partial charge < -0.3 is 14.9 Å². The molecular weight excluding hydrogens is 392 g/mol. The van der Waals surface area contributed by atoms with Gasteiger partial charge in [-0.15, -0.1) is 0 Å². The number of anilines is 1. The average Bonchev–Trinajstić information content (AvgIpc) is 3.05. The van der Waals surface area contributed by atoms with Gasteiger partial charge in [0.25, 0.3) is 0 Å². The Bertz CT molecular complexity index is 906. The number of amides is 1. The lowest BCUT2D eigenvalue weighted by atomic mass is 9.72. The maximum Gasteiger partial charge on any atom is 0.219 e. The monoisotopic (exact) mass is 418 g/mol. The van der Waals surface area contributed by atoms with E-state index in [1.165, 1.54) is 0 Å². The van der Waals surface area contributed by atoms with Crippen LogP contribution in [0.3, 0.4) is 0 Å². The number of halogens is 1. The number of carbonyl (C=O) groups is 1. The van der Waals surface area contributed by atoms with Crippen LogP contribution in [0.4, 0.5) is 5.82 Å². The van der Waals surface area contributed by atoms with Crippen LogP contribution in [-0.4, -0.2) is 67.4 Å². The lowest BCUT2D eigenvalue weighted by Gasteiger charge is -2.54. The first-order chi connectivity index (χ1) is 13.6. The molecule has 2 aliphatic heterocycles. The quantitative estimate of drug-likeness (QED) is 0.766. The summed E-state index contributed by atoms with van der Waals surface area (Å²) >= 11 is 6.28. The van der Waals surface area contributed by atoms with Crippen LogP contribution < -0.4 is 4.90 Å². The Morgan fingerprint density at radius 1 is 1.28 bits per heavy atom. The van der Waals surface area contributed by atoms with Crippen molar-refractivity contribution in [2.24, 2.45) is 5.41 Å². The van der Waals surface area contributed by atoms with Crippen molar-refractivity contribution >= 4 is 23.3 Å². The summed E-state index contributed by atoms with van der Waals surface area (Å²) in [5.41, 5.74) is 0.178. The topological polar surface area (TPSA) is 87.4 Å². The molecule has 0 unspecified atom stereocenters. The smallest absolute Gasteiger partial charge is 0.219 e. The Hall–Kier alpha value is -2.19. The molecule has 0 saturated carbocycles. The molecule has 1 spiro atoms. The Labute approximate surface area is 175 Å². The number of aromatic nitrogens is 4. The summed E-state index contributed by atoms with van der Waals surface area (Å²) in [4.78, 5) is 24.8. The third-order valence-electron chi connectivity index (χ3n) is 5.77. The van der Waals surface area contributed by atoms with Gasteiger partial charge in [0.15, 0.2) is 5.82 Å². The Balaban J connectivity index is 1.46. The molecule has 2 fully saturated rings. The Kier molecular flexibility index (Phi) is 5.02. The highest BCUT2D eigenvalue weighted by Gasteiger charge is 2.45. The number of rotatable bonds is 4. The molecule has 2 saturated heterocycles. The first-order valence-corrected chi connectivity index (χ1v) is 10.3. The Morgan fingerprint density at radius 3 is 2.59 bits per heavy atom. The number of likely N-dealkylation sites (tertiary alicyclic amines) is 1. The van der Waals surface area contributed by atoms with Gasteiger partial charge in [-0.3, -0.25) is 9.48 Å². The number of nitrogens with zero attached hydrogens (tertiary/aromatic N) is 6. The fraction of sp³-hybridized carbons (Fsp3) is 0.600. The van der Waals surface area contributed by atoms with Crippen molar-refractivity contribution in [3.05, 3.63) is 23.6 Å². The first-order valence-electron chi connectivity index (χ1n) is 9.93. The van der Waals surface area contributed by atoms with Crippen LogP contribution in [0.2, 0.25) is 5.15 Å². The lowest BCUT2D eigenvalue weighted by Crippen LogP contribution is -2.61. The molecule has 4 rings (SSSR count). The normalized spacial score (nSPS) is 18.8. The van der Waals surface area contributed by atoms with Crippen LogP contribution in [0.25, 0.3) is 11.4 Å². The standard InChI is InChI=1S/C20H27ClN6O2/c1-14(28)25-6-4-20(5-7-25)12-26(13-20)17-8-16(21)23-18(24-17)15-9-22-27(10-15)11-19(2,3)29/h8-10,29H,4-7,11-13H2,1-3H3. The first kappa shape index (κ1) is 20.1. The Morgan fingerprint density at radius 2 is 1.97 bits per heavy atom. The molecule has 4 heterocycles. The minimum Gasteiger partial charge on any atom is -0.389 e. The molecular formula is C20H27ClN6O2. The maximum atomic E-state index is 11.6. The van der Waals surface area contributed by atoms with Crippen molar-refractivity contribution in [1.29, 1.82) is 0 Å².